The topological polar surface area (TPSA) is 35.5 Å². The monoisotopic (exact) mass is 510 g/mol. The highest BCUT2D eigenvalue weighted by Crippen LogP contribution is 2.40. The van der Waals surface area contributed by atoms with Crippen LogP contribution in [0.4, 0.5) is 0 Å². The zero-order chi connectivity index (χ0) is 17.5. The van der Waals surface area contributed by atoms with Crippen LogP contribution in [0.2, 0.25) is 0 Å². The van der Waals surface area contributed by atoms with Crippen LogP contribution in [0.5, 0.6) is 5.75 Å². The van der Waals surface area contributed by atoms with Crippen molar-refractivity contribution in [3.63, 3.8) is 0 Å². The predicted molar refractivity (Wildman–Crippen MR) is 104 cm³/mol. The van der Waals surface area contributed by atoms with Gasteiger partial charge in [0.1, 0.15) is 18.0 Å². The Morgan fingerprint density at radius 1 is 1.26 bits per heavy atom. The van der Waals surface area contributed by atoms with E-state index >= 15 is 0 Å². The third-order valence-electron chi connectivity index (χ3n) is 3.56. The molecule has 0 N–H and O–H groups in total. The van der Waals surface area contributed by atoms with E-state index in [0.717, 1.165) is 39.1 Å². The van der Waals surface area contributed by atoms with Gasteiger partial charge in [0.05, 0.1) is 8.95 Å². The summed E-state index contributed by atoms with van der Waals surface area (Å²) in [5.74, 6) is 0.276. The standard InChI is InChI=1S/C17H21Br3O3/c1-4-7-8-17(6-3,11-22-15(21)5-2)23-16-13(19)9-12(18)10-14(16)20/h5,9-10H,2,4,6-8,11H2,1,3H3. The summed E-state index contributed by atoms with van der Waals surface area (Å²) in [6.07, 6.45) is 4.74. The van der Waals surface area contributed by atoms with Crippen molar-refractivity contribution in [2.75, 3.05) is 6.61 Å². The molecule has 0 amide bonds. The van der Waals surface area contributed by atoms with Gasteiger partial charge in [-0.15, -0.1) is 0 Å². The van der Waals surface area contributed by atoms with Crippen LogP contribution in [0.15, 0.2) is 38.2 Å². The molecule has 0 aliphatic rings. The molecule has 1 rings (SSSR count). The predicted octanol–water partition coefficient (Wildman–Crippen LogP) is 6.42. The van der Waals surface area contributed by atoms with E-state index in [1.54, 1.807) is 0 Å². The lowest BCUT2D eigenvalue weighted by Gasteiger charge is -2.34. The molecule has 0 saturated carbocycles. The summed E-state index contributed by atoms with van der Waals surface area (Å²) in [4.78, 5) is 11.5. The zero-order valence-corrected chi connectivity index (χ0v) is 18.1. The highest BCUT2D eigenvalue weighted by molar-refractivity contribution is 9.11. The Morgan fingerprint density at radius 3 is 2.35 bits per heavy atom. The van der Waals surface area contributed by atoms with Crippen molar-refractivity contribution >= 4 is 53.8 Å². The maximum absolute atomic E-state index is 11.5. The molecule has 1 aromatic rings. The number of hydrogen-bond donors (Lipinski definition) is 0. The number of halogens is 3. The van der Waals surface area contributed by atoms with Gasteiger partial charge in [0.25, 0.3) is 0 Å². The maximum atomic E-state index is 11.5. The van der Waals surface area contributed by atoms with Gasteiger partial charge < -0.3 is 9.47 Å². The van der Waals surface area contributed by atoms with E-state index in [1.165, 1.54) is 6.08 Å². The molecule has 0 heterocycles. The Hall–Kier alpha value is -0.330. The molecule has 0 aliphatic heterocycles. The van der Waals surface area contributed by atoms with E-state index in [4.69, 9.17) is 9.47 Å². The molecule has 128 valence electrons. The van der Waals surface area contributed by atoms with Gasteiger partial charge in [-0.1, -0.05) is 42.8 Å². The highest BCUT2D eigenvalue weighted by atomic mass is 79.9. The fourth-order valence-corrected chi connectivity index (χ4v) is 4.53. The number of benzene rings is 1. The lowest BCUT2D eigenvalue weighted by Crippen LogP contribution is -2.41. The molecule has 3 nitrogen and oxygen atoms in total. The fraction of sp³-hybridized carbons (Fsp3) is 0.471. The van der Waals surface area contributed by atoms with Crippen molar-refractivity contribution in [3.8, 4) is 5.75 Å². The fourth-order valence-electron chi connectivity index (χ4n) is 2.11. The van der Waals surface area contributed by atoms with Gasteiger partial charge in [0.15, 0.2) is 0 Å². The molecule has 1 atom stereocenters. The SMILES string of the molecule is C=CC(=O)OCC(CC)(CCCC)Oc1c(Br)cc(Br)cc1Br. The van der Waals surface area contributed by atoms with Crippen LogP contribution in [0, 0.1) is 0 Å². The van der Waals surface area contributed by atoms with Crippen LogP contribution in [-0.2, 0) is 9.53 Å². The summed E-state index contributed by atoms with van der Waals surface area (Å²) in [5.41, 5.74) is -0.562. The minimum absolute atomic E-state index is 0.198. The van der Waals surface area contributed by atoms with E-state index in [-0.39, 0.29) is 6.61 Å². The second-order valence-electron chi connectivity index (χ2n) is 5.25. The third-order valence-corrected chi connectivity index (χ3v) is 5.19. The summed E-state index contributed by atoms with van der Waals surface area (Å²) >= 11 is 10.5. The van der Waals surface area contributed by atoms with Crippen LogP contribution >= 0.6 is 47.8 Å². The second-order valence-corrected chi connectivity index (χ2v) is 7.88. The molecule has 0 bridgehead atoms. The van der Waals surface area contributed by atoms with E-state index in [0.29, 0.717) is 5.75 Å². The molecular weight excluding hydrogens is 492 g/mol. The summed E-state index contributed by atoms with van der Waals surface area (Å²) < 4.78 is 14.3. The Labute approximate surface area is 163 Å². The van der Waals surface area contributed by atoms with Crippen molar-refractivity contribution in [1.82, 2.24) is 0 Å². The Balaban J connectivity index is 3.08. The molecule has 0 spiro atoms. The lowest BCUT2D eigenvalue weighted by molar-refractivity contribution is -0.144. The average molecular weight is 513 g/mol. The zero-order valence-electron chi connectivity index (χ0n) is 13.3. The molecule has 6 heteroatoms. The van der Waals surface area contributed by atoms with Gasteiger partial charge in [-0.05, 0) is 63.3 Å². The van der Waals surface area contributed by atoms with Gasteiger partial charge in [0.2, 0.25) is 0 Å². The van der Waals surface area contributed by atoms with Gasteiger partial charge >= 0.3 is 5.97 Å². The number of unbranched alkanes of at least 4 members (excludes halogenated alkanes) is 1. The van der Waals surface area contributed by atoms with E-state index < -0.39 is 11.6 Å². The second kappa shape index (κ2) is 9.84. The number of rotatable bonds is 9. The smallest absolute Gasteiger partial charge is 0.330 e. The summed E-state index contributed by atoms with van der Waals surface area (Å²) in [5, 5.41) is 0. The van der Waals surface area contributed by atoms with Gasteiger partial charge in [-0.25, -0.2) is 4.79 Å². The number of ether oxygens (including phenoxy) is 2. The van der Waals surface area contributed by atoms with Crippen LogP contribution in [-0.4, -0.2) is 18.2 Å². The highest BCUT2D eigenvalue weighted by Gasteiger charge is 2.33. The van der Waals surface area contributed by atoms with Gasteiger partial charge in [-0.2, -0.15) is 0 Å². The lowest BCUT2D eigenvalue weighted by atomic mass is 9.94. The third kappa shape index (κ3) is 6.24. The minimum atomic E-state index is -0.562. The quantitative estimate of drug-likeness (QED) is 0.283. The Kier molecular flexibility index (Phi) is 8.86. The summed E-state index contributed by atoms with van der Waals surface area (Å²) in [7, 11) is 0. The molecular formula is C17H21Br3O3. The van der Waals surface area contributed by atoms with Crippen molar-refractivity contribution in [1.29, 1.82) is 0 Å². The summed E-state index contributed by atoms with van der Waals surface area (Å²) in [6, 6.07) is 3.85. The van der Waals surface area contributed by atoms with Crippen molar-refractivity contribution < 1.29 is 14.3 Å². The molecule has 0 radical (unpaired) electrons. The number of carbonyl (C=O) groups excluding carboxylic acids is 1. The molecule has 23 heavy (non-hydrogen) atoms. The normalized spacial score (nSPS) is 13.3. The average Bonchev–Trinajstić information content (AvgIpc) is 2.52. The number of carbonyl (C=O) groups is 1. The maximum Gasteiger partial charge on any atom is 0.330 e. The van der Waals surface area contributed by atoms with Crippen LogP contribution in [0.25, 0.3) is 0 Å². The van der Waals surface area contributed by atoms with E-state index in [2.05, 4.69) is 61.3 Å². The number of hydrogen-bond acceptors (Lipinski definition) is 3. The van der Waals surface area contributed by atoms with Gasteiger partial charge in [0, 0.05) is 10.5 Å². The first kappa shape index (κ1) is 20.7. The van der Waals surface area contributed by atoms with Crippen LogP contribution in [0.1, 0.15) is 39.5 Å². The van der Waals surface area contributed by atoms with Crippen molar-refractivity contribution in [2.45, 2.75) is 45.1 Å². The Bertz CT molecular complexity index is 537. The van der Waals surface area contributed by atoms with E-state index in [9.17, 15) is 4.79 Å². The first-order valence-electron chi connectivity index (χ1n) is 7.50. The molecule has 0 fully saturated rings. The van der Waals surface area contributed by atoms with Crippen LogP contribution < -0.4 is 4.74 Å². The van der Waals surface area contributed by atoms with Crippen LogP contribution in [0.3, 0.4) is 0 Å². The molecule has 1 unspecified atom stereocenters. The first-order valence-corrected chi connectivity index (χ1v) is 9.88. The summed E-state index contributed by atoms with van der Waals surface area (Å²) in [6.45, 7) is 7.80. The van der Waals surface area contributed by atoms with Crippen molar-refractivity contribution in [3.05, 3.63) is 38.2 Å². The number of esters is 1. The van der Waals surface area contributed by atoms with Crippen molar-refractivity contribution in [2.24, 2.45) is 0 Å². The van der Waals surface area contributed by atoms with Gasteiger partial charge in [-0.3, -0.25) is 0 Å². The molecule has 1 aromatic carbocycles. The first-order chi connectivity index (χ1) is 10.9. The van der Waals surface area contributed by atoms with E-state index in [1.807, 2.05) is 19.1 Å². The minimum Gasteiger partial charge on any atom is -0.481 e. The molecule has 0 aliphatic carbocycles. The molecule has 0 saturated heterocycles. The Morgan fingerprint density at radius 2 is 1.87 bits per heavy atom. The largest absolute Gasteiger partial charge is 0.481 e. The molecule has 0 aromatic heterocycles.